The number of aromatic nitrogens is 1. The molecule has 1 aromatic rings. The van der Waals surface area contributed by atoms with E-state index in [1.807, 2.05) is 32.0 Å². The molecule has 0 unspecified atom stereocenters. The molecule has 0 bridgehead atoms. The number of hydrogen-bond donors (Lipinski definition) is 1. The Morgan fingerprint density at radius 2 is 2.06 bits per heavy atom. The van der Waals surface area contributed by atoms with Gasteiger partial charge in [-0.1, -0.05) is 19.9 Å². The largest absolute Gasteiger partial charge is 0.329 e. The van der Waals surface area contributed by atoms with Crippen molar-refractivity contribution in [1.29, 1.82) is 0 Å². The minimum atomic E-state index is -0.364. The average molecular weight is 220 g/mol. The Labute approximate surface area is 97.1 Å². The van der Waals surface area contributed by atoms with Crippen LogP contribution in [0.5, 0.6) is 0 Å². The summed E-state index contributed by atoms with van der Waals surface area (Å²) in [4.78, 5) is 16.4. The fourth-order valence-electron chi connectivity index (χ4n) is 1.90. The molecule has 3 nitrogen and oxygen atoms in total. The quantitative estimate of drug-likeness (QED) is 0.797. The van der Waals surface area contributed by atoms with Crippen molar-refractivity contribution in [3.05, 3.63) is 30.1 Å². The molecule has 3 heteroatoms. The minimum Gasteiger partial charge on any atom is -0.329 e. The average Bonchev–Trinajstić information content (AvgIpc) is 2.33. The van der Waals surface area contributed by atoms with Gasteiger partial charge in [0.05, 0.1) is 0 Å². The molecule has 0 saturated heterocycles. The van der Waals surface area contributed by atoms with Gasteiger partial charge in [-0.3, -0.25) is 9.78 Å². The zero-order chi connectivity index (χ0) is 12.0. The second kappa shape index (κ2) is 5.75. The monoisotopic (exact) mass is 220 g/mol. The summed E-state index contributed by atoms with van der Waals surface area (Å²) in [6.07, 6.45) is 3.70. The molecule has 0 fully saturated rings. The molecule has 0 aliphatic rings. The van der Waals surface area contributed by atoms with E-state index in [0.717, 1.165) is 18.5 Å². The van der Waals surface area contributed by atoms with Crippen LogP contribution in [0.15, 0.2) is 24.4 Å². The Morgan fingerprint density at radius 1 is 1.38 bits per heavy atom. The lowest BCUT2D eigenvalue weighted by molar-refractivity contribution is -0.128. The van der Waals surface area contributed by atoms with Crippen LogP contribution in [0.25, 0.3) is 0 Å². The van der Waals surface area contributed by atoms with E-state index in [0.29, 0.717) is 13.0 Å². The minimum absolute atomic E-state index is 0.207. The molecule has 1 heterocycles. The lowest BCUT2D eigenvalue weighted by Crippen LogP contribution is -2.38. The molecule has 0 atom stereocenters. The van der Waals surface area contributed by atoms with Crippen molar-refractivity contribution in [1.82, 2.24) is 4.98 Å². The maximum atomic E-state index is 12.2. The van der Waals surface area contributed by atoms with Crippen LogP contribution in [0, 0.1) is 5.41 Å². The zero-order valence-electron chi connectivity index (χ0n) is 10.1. The van der Waals surface area contributed by atoms with E-state index in [2.05, 4.69) is 4.98 Å². The van der Waals surface area contributed by atoms with Crippen LogP contribution in [0.2, 0.25) is 0 Å². The van der Waals surface area contributed by atoms with Gasteiger partial charge in [-0.2, -0.15) is 0 Å². The summed E-state index contributed by atoms with van der Waals surface area (Å²) in [7, 11) is 0. The van der Waals surface area contributed by atoms with Crippen LogP contribution in [0.1, 0.15) is 32.4 Å². The van der Waals surface area contributed by atoms with Gasteiger partial charge in [0.1, 0.15) is 5.78 Å². The van der Waals surface area contributed by atoms with E-state index in [4.69, 9.17) is 5.73 Å². The van der Waals surface area contributed by atoms with Gasteiger partial charge in [-0.25, -0.2) is 0 Å². The van der Waals surface area contributed by atoms with Crippen LogP contribution < -0.4 is 5.73 Å². The highest BCUT2D eigenvalue weighted by molar-refractivity contribution is 5.86. The third-order valence-corrected chi connectivity index (χ3v) is 3.40. The molecular weight excluding hydrogens is 200 g/mol. The molecule has 0 aliphatic carbocycles. The SMILES string of the molecule is CCC(CC)(CN)C(=O)Cc1ccccn1. The van der Waals surface area contributed by atoms with Crippen molar-refractivity contribution in [2.24, 2.45) is 11.1 Å². The van der Waals surface area contributed by atoms with Crippen LogP contribution in [0.3, 0.4) is 0 Å². The second-order valence-corrected chi connectivity index (χ2v) is 4.11. The molecule has 16 heavy (non-hydrogen) atoms. The number of nitrogens with zero attached hydrogens (tertiary/aromatic N) is 1. The van der Waals surface area contributed by atoms with E-state index in [-0.39, 0.29) is 11.2 Å². The van der Waals surface area contributed by atoms with E-state index in [1.54, 1.807) is 6.20 Å². The summed E-state index contributed by atoms with van der Waals surface area (Å²) < 4.78 is 0. The summed E-state index contributed by atoms with van der Waals surface area (Å²) in [6.45, 7) is 4.46. The van der Waals surface area contributed by atoms with E-state index in [9.17, 15) is 4.79 Å². The van der Waals surface area contributed by atoms with Crippen molar-refractivity contribution < 1.29 is 4.79 Å². The number of hydrogen-bond acceptors (Lipinski definition) is 3. The van der Waals surface area contributed by atoms with Crippen molar-refractivity contribution >= 4 is 5.78 Å². The van der Waals surface area contributed by atoms with Gasteiger partial charge in [0.15, 0.2) is 0 Å². The normalized spacial score (nSPS) is 11.4. The first-order valence-corrected chi connectivity index (χ1v) is 5.81. The molecule has 2 N–H and O–H groups in total. The number of carbonyl (C=O) groups is 1. The van der Waals surface area contributed by atoms with E-state index in [1.165, 1.54) is 0 Å². The van der Waals surface area contributed by atoms with Gasteiger partial charge >= 0.3 is 0 Å². The zero-order valence-corrected chi connectivity index (χ0v) is 10.1. The number of carbonyl (C=O) groups excluding carboxylic acids is 1. The Bertz CT molecular complexity index is 323. The van der Waals surface area contributed by atoms with Gasteiger partial charge in [-0.15, -0.1) is 0 Å². The van der Waals surface area contributed by atoms with E-state index < -0.39 is 0 Å². The number of nitrogens with two attached hydrogens (primary N) is 1. The summed E-state index contributed by atoms with van der Waals surface area (Å²) in [5.74, 6) is 0.207. The number of ketones is 1. The molecular formula is C13H20N2O. The van der Waals surface area contributed by atoms with Gasteiger partial charge in [0, 0.05) is 30.3 Å². The van der Waals surface area contributed by atoms with Gasteiger partial charge in [-0.05, 0) is 25.0 Å². The number of Topliss-reactive ketones (excluding diaryl/α,β-unsaturated/α-hetero) is 1. The highest BCUT2D eigenvalue weighted by Gasteiger charge is 2.32. The molecule has 0 saturated carbocycles. The standard InChI is InChI=1S/C13H20N2O/c1-3-13(4-2,10-14)12(16)9-11-7-5-6-8-15-11/h5-8H,3-4,9-10,14H2,1-2H3. The molecule has 0 spiro atoms. The van der Waals surface area contributed by atoms with Crippen molar-refractivity contribution in [2.75, 3.05) is 6.54 Å². The van der Waals surface area contributed by atoms with Crippen LogP contribution in [0.4, 0.5) is 0 Å². The lowest BCUT2D eigenvalue weighted by Gasteiger charge is -2.28. The van der Waals surface area contributed by atoms with Crippen LogP contribution in [-0.2, 0) is 11.2 Å². The fraction of sp³-hybridized carbons (Fsp3) is 0.538. The summed E-state index contributed by atoms with van der Waals surface area (Å²) in [5, 5.41) is 0. The van der Waals surface area contributed by atoms with Crippen LogP contribution in [-0.4, -0.2) is 17.3 Å². The Hall–Kier alpha value is -1.22. The first kappa shape index (κ1) is 12.8. The van der Waals surface area contributed by atoms with Gasteiger partial charge in [0.2, 0.25) is 0 Å². The maximum Gasteiger partial charge on any atom is 0.146 e. The van der Waals surface area contributed by atoms with Crippen molar-refractivity contribution in [2.45, 2.75) is 33.1 Å². The van der Waals surface area contributed by atoms with Crippen molar-refractivity contribution in [3.63, 3.8) is 0 Å². The third-order valence-electron chi connectivity index (χ3n) is 3.40. The van der Waals surface area contributed by atoms with E-state index >= 15 is 0 Å². The fourth-order valence-corrected chi connectivity index (χ4v) is 1.90. The Balaban J connectivity index is 2.78. The Morgan fingerprint density at radius 3 is 2.50 bits per heavy atom. The second-order valence-electron chi connectivity index (χ2n) is 4.11. The topological polar surface area (TPSA) is 56.0 Å². The van der Waals surface area contributed by atoms with Gasteiger partial charge in [0.25, 0.3) is 0 Å². The number of pyridine rings is 1. The molecule has 1 rings (SSSR count). The molecule has 0 aliphatic heterocycles. The molecule has 1 aromatic heterocycles. The molecule has 0 aromatic carbocycles. The highest BCUT2D eigenvalue weighted by Crippen LogP contribution is 2.27. The molecule has 0 radical (unpaired) electrons. The summed E-state index contributed by atoms with van der Waals surface area (Å²) >= 11 is 0. The van der Waals surface area contributed by atoms with Gasteiger partial charge < -0.3 is 5.73 Å². The van der Waals surface area contributed by atoms with Crippen LogP contribution >= 0.6 is 0 Å². The first-order chi connectivity index (χ1) is 7.68. The maximum absolute atomic E-state index is 12.2. The third kappa shape index (κ3) is 2.67. The smallest absolute Gasteiger partial charge is 0.146 e. The highest BCUT2D eigenvalue weighted by atomic mass is 16.1. The Kier molecular flexibility index (Phi) is 4.62. The molecule has 88 valence electrons. The predicted molar refractivity (Wildman–Crippen MR) is 65.0 cm³/mol. The predicted octanol–water partition coefficient (Wildman–Crippen LogP) is 1.96. The summed E-state index contributed by atoms with van der Waals surface area (Å²) in [5.41, 5.74) is 6.20. The van der Waals surface area contributed by atoms with Crippen molar-refractivity contribution in [3.8, 4) is 0 Å². The first-order valence-electron chi connectivity index (χ1n) is 5.81. The number of rotatable bonds is 6. The summed E-state index contributed by atoms with van der Waals surface area (Å²) in [6, 6.07) is 5.63. The lowest BCUT2D eigenvalue weighted by atomic mass is 9.77. The molecule has 0 amide bonds.